The maximum absolute atomic E-state index is 5.90. The molecule has 1 N–H and O–H groups in total. The van der Waals surface area contributed by atoms with Crippen LogP contribution in [0.1, 0.15) is 59.5 Å². The van der Waals surface area contributed by atoms with Gasteiger partial charge in [-0.05, 0) is 52.8 Å². The topological polar surface area (TPSA) is 28.4 Å². The number of nitrogens with one attached hydrogen (secondary N) is 1. The third-order valence-corrected chi connectivity index (χ3v) is 3.49. The molecule has 0 aromatic carbocycles. The Morgan fingerprint density at radius 1 is 1.21 bits per heavy atom. The molecule has 0 aliphatic carbocycles. The summed E-state index contributed by atoms with van der Waals surface area (Å²) < 4.78 is 5.90. The van der Waals surface area contributed by atoms with Crippen molar-refractivity contribution < 1.29 is 4.42 Å². The standard InChI is InChI=1S/C16H30N2O/c1-7-13(3)18(8-2)12-15-10-9-14(19-15)11-17-16(4,5)6/h9-10,13,17H,7-8,11-12H2,1-6H3. The highest BCUT2D eigenvalue weighted by Gasteiger charge is 2.14. The van der Waals surface area contributed by atoms with Crippen molar-refractivity contribution in [2.45, 2.75) is 72.6 Å². The Labute approximate surface area is 118 Å². The smallest absolute Gasteiger partial charge is 0.118 e. The fourth-order valence-electron chi connectivity index (χ4n) is 1.99. The Morgan fingerprint density at radius 2 is 1.84 bits per heavy atom. The largest absolute Gasteiger partial charge is 0.463 e. The normalized spacial score (nSPS) is 14.1. The monoisotopic (exact) mass is 266 g/mol. The molecular weight excluding hydrogens is 236 g/mol. The maximum atomic E-state index is 5.90. The Kier molecular flexibility index (Phi) is 6.08. The van der Waals surface area contributed by atoms with Crippen LogP contribution in [0.15, 0.2) is 16.5 Å². The number of furan rings is 1. The van der Waals surface area contributed by atoms with Crippen molar-refractivity contribution in [1.82, 2.24) is 10.2 Å². The predicted octanol–water partition coefficient (Wildman–Crippen LogP) is 3.79. The van der Waals surface area contributed by atoms with E-state index < -0.39 is 0 Å². The number of nitrogens with zero attached hydrogens (tertiary/aromatic N) is 1. The second kappa shape index (κ2) is 7.11. The minimum atomic E-state index is 0.124. The second-order valence-electron chi connectivity index (χ2n) is 6.29. The van der Waals surface area contributed by atoms with E-state index in [1.165, 1.54) is 6.42 Å². The first kappa shape index (κ1) is 16.3. The summed E-state index contributed by atoms with van der Waals surface area (Å²) in [6.07, 6.45) is 1.17. The van der Waals surface area contributed by atoms with Gasteiger partial charge in [0, 0.05) is 11.6 Å². The highest BCUT2D eigenvalue weighted by atomic mass is 16.3. The number of rotatable bonds is 7. The first-order chi connectivity index (χ1) is 8.85. The minimum Gasteiger partial charge on any atom is -0.463 e. The molecule has 0 spiro atoms. The van der Waals surface area contributed by atoms with Crippen LogP contribution in [0.2, 0.25) is 0 Å². The Morgan fingerprint density at radius 3 is 2.37 bits per heavy atom. The van der Waals surface area contributed by atoms with Gasteiger partial charge in [0.1, 0.15) is 11.5 Å². The second-order valence-corrected chi connectivity index (χ2v) is 6.29. The Hall–Kier alpha value is -0.800. The molecule has 110 valence electrons. The lowest BCUT2D eigenvalue weighted by Crippen LogP contribution is -2.34. The van der Waals surface area contributed by atoms with Gasteiger partial charge >= 0.3 is 0 Å². The Bertz CT molecular complexity index is 365. The van der Waals surface area contributed by atoms with Gasteiger partial charge in [-0.2, -0.15) is 0 Å². The van der Waals surface area contributed by atoms with E-state index in [9.17, 15) is 0 Å². The SMILES string of the molecule is CCC(C)N(CC)Cc1ccc(CNC(C)(C)C)o1. The van der Waals surface area contributed by atoms with Crippen molar-refractivity contribution in [1.29, 1.82) is 0 Å². The molecule has 0 fully saturated rings. The zero-order valence-corrected chi connectivity index (χ0v) is 13.4. The zero-order chi connectivity index (χ0) is 14.5. The molecule has 0 radical (unpaired) electrons. The van der Waals surface area contributed by atoms with Crippen LogP contribution < -0.4 is 5.32 Å². The maximum Gasteiger partial charge on any atom is 0.118 e. The fraction of sp³-hybridized carbons (Fsp3) is 0.750. The van der Waals surface area contributed by atoms with Crippen LogP contribution >= 0.6 is 0 Å². The van der Waals surface area contributed by atoms with Gasteiger partial charge in [-0.15, -0.1) is 0 Å². The van der Waals surface area contributed by atoms with Crippen molar-refractivity contribution in [3.05, 3.63) is 23.7 Å². The minimum absolute atomic E-state index is 0.124. The summed E-state index contributed by atoms with van der Waals surface area (Å²) >= 11 is 0. The van der Waals surface area contributed by atoms with Gasteiger partial charge in [0.15, 0.2) is 0 Å². The summed E-state index contributed by atoms with van der Waals surface area (Å²) in [5.41, 5.74) is 0.124. The number of hydrogen-bond acceptors (Lipinski definition) is 3. The van der Waals surface area contributed by atoms with Gasteiger partial charge in [-0.3, -0.25) is 4.90 Å². The van der Waals surface area contributed by atoms with Gasteiger partial charge in [-0.1, -0.05) is 13.8 Å². The molecule has 0 amide bonds. The summed E-state index contributed by atoms with van der Waals surface area (Å²) in [5.74, 6) is 2.08. The van der Waals surface area contributed by atoms with E-state index in [1.807, 2.05) is 0 Å². The van der Waals surface area contributed by atoms with E-state index in [4.69, 9.17) is 4.42 Å². The molecule has 0 bridgehead atoms. The van der Waals surface area contributed by atoms with Gasteiger partial charge < -0.3 is 9.73 Å². The van der Waals surface area contributed by atoms with Crippen molar-refractivity contribution in [3.63, 3.8) is 0 Å². The summed E-state index contributed by atoms with van der Waals surface area (Å²) in [7, 11) is 0. The van der Waals surface area contributed by atoms with Gasteiger partial charge in [-0.25, -0.2) is 0 Å². The van der Waals surface area contributed by atoms with Crippen molar-refractivity contribution in [3.8, 4) is 0 Å². The number of hydrogen-bond donors (Lipinski definition) is 1. The van der Waals surface area contributed by atoms with E-state index in [-0.39, 0.29) is 5.54 Å². The summed E-state index contributed by atoms with van der Waals surface area (Å²) in [6.45, 7) is 16.0. The third kappa shape index (κ3) is 5.79. The third-order valence-electron chi connectivity index (χ3n) is 3.49. The van der Waals surface area contributed by atoms with Crippen molar-refractivity contribution >= 4 is 0 Å². The highest BCUT2D eigenvalue weighted by Crippen LogP contribution is 2.14. The summed E-state index contributed by atoms with van der Waals surface area (Å²) in [4.78, 5) is 2.44. The molecule has 3 heteroatoms. The lowest BCUT2D eigenvalue weighted by molar-refractivity contribution is 0.188. The lowest BCUT2D eigenvalue weighted by Gasteiger charge is -2.25. The van der Waals surface area contributed by atoms with Gasteiger partial charge in [0.2, 0.25) is 0 Å². The summed E-state index contributed by atoms with van der Waals surface area (Å²) in [5, 5.41) is 3.45. The van der Waals surface area contributed by atoms with E-state index in [0.29, 0.717) is 6.04 Å². The van der Waals surface area contributed by atoms with Crippen LogP contribution in [-0.4, -0.2) is 23.0 Å². The molecule has 19 heavy (non-hydrogen) atoms. The van der Waals surface area contributed by atoms with Gasteiger partial charge in [0.05, 0.1) is 13.1 Å². The average molecular weight is 266 g/mol. The van der Waals surface area contributed by atoms with Crippen LogP contribution in [0.3, 0.4) is 0 Å². The van der Waals surface area contributed by atoms with Crippen molar-refractivity contribution in [2.75, 3.05) is 6.54 Å². The lowest BCUT2D eigenvalue weighted by atomic mass is 10.1. The van der Waals surface area contributed by atoms with Crippen molar-refractivity contribution in [2.24, 2.45) is 0 Å². The van der Waals surface area contributed by atoms with Crippen LogP contribution in [-0.2, 0) is 13.1 Å². The molecule has 1 aromatic heterocycles. The first-order valence-corrected chi connectivity index (χ1v) is 7.42. The summed E-state index contributed by atoms with van der Waals surface area (Å²) in [6, 6.07) is 4.79. The van der Waals surface area contributed by atoms with E-state index in [0.717, 1.165) is 31.2 Å². The van der Waals surface area contributed by atoms with Crippen LogP contribution in [0, 0.1) is 0 Å². The van der Waals surface area contributed by atoms with Crippen LogP contribution in [0.25, 0.3) is 0 Å². The molecular formula is C16H30N2O. The molecule has 1 atom stereocenters. The quantitative estimate of drug-likeness (QED) is 0.814. The fourth-order valence-corrected chi connectivity index (χ4v) is 1.99. The molecule has 1 unspecified atom stereocenters. The van der Waals surface area contributed by atoms with Gasteiger partial charge in [0.25, 0.3) is 0 Å². The van der Waals surface area contributed by atoms with E-state index >= 15 is 0 Å². The molecule has 3 nitrogen and oxygen atoms in total. The molecule has 1 rings (SSSR count). The molecule has 1 heterocycles. The molecule has 0 saturated carbocycles. The highest BCUT2D eigenvalue weighted by molar-refractivity contribution is 5.07. The van der Waals surface area contributed by atoms with Crippen LogP contribution in [0.4, 0.5) is 0 Å². The predicted molar refractivity (Wildman–Crippen MR) is 81.1 cm³/mol. The first-order valence-electron chi connectivity index (χ1n) is 7.42. The van der Waals surface area contributed by atoms with E-state index in [1.54, 1.807) is 0 Å². The molecule has 0 saturated heterocycles. The Balaban J connectivity index is 2.54. The zero-order valence-electron chi connectivity index (χ0n) is 13.4. The van der Waals surface area contributed by atoms with Crippen LogP contribution in [0.5, 0.6) is 0 Å². The molecule has 0 aliphatic heterocycles. The molecule has 0 aliphatic rings. The molecule has 1 aromatic rings. The average Bonchev–Trinajstić information content (AvgIpc) is 2.79. The van der Waals surface area contributed by atoms with E-state index in [2.05, 4.69) is 63.9 Å².